The van der Waals surface area contributed by atoms with Crippen LogP contribution in [-0.4, -0.2) is 18.9 Å². The van der Waals surface area contributed by atoms with Gasteiger partial charge in [-0.3, -0.25) is 4.79 Å². The van der Waals surface area contributed by atoms with Crippen LogP contribution in [0.5, 0.6) is 0 Å². The van der Waals surface area contributed by atoms with Gasteiger partial charge in [0.05, 0.1) is 0 Å². The number of benzene rings is 1. The summed E-state index contributed by atoms with van der Waals surface area (Å²) < 4.78 is 0. The maximum absolute atomic E-state index is 12.3. The molecule has 0 radical (unpaired) electrons. The van der Waals surface area contributed by atoms with Gasteiger partial charge in [0.1, 0.15) is 0 Å². The standard InChI is InChI=1S/C13H17NO/c1-13(7-9-14-10-8-13)12(15)11-5-3-2-4-6-11/h2-6,14H,7-10H2,1H3. The van der Waals surface area contributed by atoms with E-state index in [1.54, 1.807) is 0 Å². The molecule has 1 aromatic carbocycles. The third-order valence-corrected chi connectivity index (χ3v) is 3.29. The number of hydrogen-bond donors (Lipinski definition) is 1. The van der Waals surface area contributed by atoms with Gasteiger partial charge in [-0.05, 0) is 25.9 Å². The third kappa shape index (κ3) is 2.10. The molecule has 80 valence electrons. The molecule has 2 heteroatoms. The first kappa shape index (κ1) is 10.4. The Morgan fingerprint density at radius 3 is 2.40 bits per heavy atom. The van der Waals surface area contributed by atoms with Gasteiger partial charge in [-0.1, -0.05) is 37.3 Å². The lowest BCUT2D eigenvalue weighted by molar-refractivity contribution is 0.0762. The summed E-state index contributed by atoms with van der Waals surface area (Å²) in [6.07, 6.45) is 1.89. The van der Waals surface area contributed by atoms with Crippen molar-refractivity contribution in [3.8, 4) is 0 Å². The molecule has 0 bridgehead atoms. The van der Waals surface area contributed by atoms with E-state index < -0.39 is 0 Å². The zero-order chi connectivity index (χ0) is 10.7. The van der Waals surface area contributed by atoms with Crippen molar-refractivity contribution >= 4 is 5.78 Å². The van der Waals surface area contributed by atoms with E-state index in [9.17, 15) is 4.79 Å². The van der Waals surface area contributed by atoms with Gasteiger partial charge in [0.15, 0.2) is 5.78 Å². The summed E-state index contributed by atoms with van der Waals surface area (Å²) in [5.41, 5.74) is 0.689. The molecule has 1 aliphatic rings. The number of ketones is 1. The van der Waals surface area contributed by atoms with Gasteiger partial charge in [0, 0.05) is 11.0 Å². The van der Waals surface area contributed by atoms with Crippen molar-refractivity contribution in [1.82, 2.24) is 5.32 Å². The molecule has 1 N–H and O–H groups in total. The van der Waals surface area contributed by atoms with Crippen LogP contribution in [0, 0.1) is 5.41 Å². The largest absolute Gasteiger partial charge is 0.317 e. The van der Waals surface area contributed by atoms with Gasteiger partial charge in [0.25, 0.3) is 0 Å². The summed E-state index contributed by atoms with van der Waals surface area (Å²) in [7, 11) is 0. The number of rotatable bonds is 2. The van der Waals surface area contributed by atoms with Crippen molar-refractivity contribution in [2.24, 2.45) is 5.41 Å². The summed E-state index contributed by atoms with van der Waals surface area (Å²) in [5.74, 6) is 0.296. The topological polar surface area (TPSA) is 29.1 Å². The summed E-state index contributed by atoms with van der Waals surface area (Å²) in [5, 5.41) is 3.29. The lowest BCUT2D eigenvalue weighted by atomic mass is 9.75. The molecule has 0 aromatic heterocycles. The van der Waals surface area contributed by atoms with Gasteiger partial charge in [0.2, 0.25) is 0 Å². The van der Waals surface area contributed by atoms with Crippen LogP contribution < -0.4 is 5.32 Å². The molecule has 1 heterocycles. The molecule has 0 spiro atoms. The van der Waals surface area contributed by atoms with Crippen molar-refractivity contribution in [2.75, 3.05) is 13.1 Å². The van der Waals surface area contributed by atoms with Gasteiger partial charge in [-0.25, -0.2) is 0 Å². The lowest BCUT2D eigenvalue weighted by Gasteiger charge is -2.32. The molecule has 1 saturated heterocycles. The van der Waals surface area contributed by atoms with Gasteiger partial charge in [-0.15, -0.1) is 0 Å². The molecule has 0 unspecified atom stereocenters. The highest BCUT2D eigenvalue weighted by atomic mass is 16.1. The average molecular weight is 203 g/mol. The fourth-order valence-corrected chi connectivity index (χ4v) is 2.14. The number of piperidine rings is 1. The normalized spacial score (nSPS) is 19.8. The number of carbonyl (C=O) groups is 1. The zero-order valence-electron chi connectivity index (χ0n) is 9.12. The fourth-order valence-electron chi connectivity index (χ4n) is 2.14. The Balaban J connectivity index is 2.20. The summed E-state index contributed by atoms with van der Waals surface area (Å²) in [6, 6.07) is 9.63. The number of hydrogen-bond acceptors (Lipinski definition) is 2. The minimum atomic E-state index is -0.160. The van der Waals surface area contributed by atoms with E-state index in [0.29, 0.717) is 5.78 Å². The van der Waals surface area contributed by atoms with E-state index in [-0.39, 0.29) is 5.41 Å². The second-order valence-corrected chi connectivity index (χ2v) is 4.51. The maximum Gasteiger partial charge on any atom is 0.168 e. The molecule has 1 aromatic rings. The Kier molecular flexibility index (Phi) is 2.87. The Hall–Kier alpha value is -1.15. The first-order valence-corrected chi connectivity index (χ1v) is 5.53. The van der Waals surface area contributed by atoms with E-state index in [1.807, 2.05) is 30.3 Å². The molecule has 0 saturated carbocycles. The third-order valence-electron chi connectivity index (χ3n) is 3.29. The second-order valence-electron chi connectivity index (χ2n) is 4.51. The van der Waals surface area contributed by atoms with E-state index in [2.05, 4.69) is 12.2 Å². The van der Waals surface area contributed by atoms with Crippen molar-refractivity contribution in [1.29, 1.82) is 0 Å². The smallest absolute Gasteiger partial charge is 0.168 e. The number of carbonyl (C=O) groups excluding carboxylic acids is 1. The molecular weight excluding hydrogens is 186 g/mol. The maximum atomic E-state index is 12.3. The first-order chi connectivity index (χ1) is 7.22. The summed E-state index contributed by atoms with van der Waals surface area (Å²) in [6.45, 7) is 3.99. The zero-order valence-corrected chi connectivity index (χ0v) is 9.12. The van der Waals surface area contributed by atoms with Gasteiger partial charge >= 0.3 is 0 Å². The van der Waals surface area contributed by atoms with Crippen LogP contribution in [0.4, 0.5) is 0 Å². The Morgan fingerprint density at radius 1 is 1.20 bits per heavy atom. The van der Waals surface area contributed by atoms with E-state index in [4.69, 9.17) is 0 Å². The molecule has 15 heavy (non-hydrogen) atoms. The van der Waals surface area contributed by atoms with Crippen LogP contribution in [0.25, 0.3) is 0 Å². The average Bonchev–Trinajstić information content (AvgIpc) is 2.30. The second kappa shape index (κ2) is 4.15. The predicted molar refractivity (Wildman–Crippen MR) is 61.0 cm³/mol. The quantitative estimate of drug-likeness (QED) is 0.747. The van der Waals surface area contributed by atoms with Crippen molar-refractivity contribution < 1.29 is 4.79 Å². The Bertz CT molecular complexity index is 339. The van der Waals surface area contributed by atoms with Crippen LogP contribution in [-0.2, 0) is 0 Å². The fraction of sp³-hybridized carbons (Fsp3) is 0.462. The Labute approximate surface area is 90.7 Å². The van der Waals surface area contributed by atoms with Gasteiger partial charge < -0.3 is 5.32 Å². The van der Waals surface area contributed by atoms with Crippen LogP contribution in [0.1, 0.15) is 30.1 Å². The molecule has 2 nitrogen and oxygen atoms in total. The minimum absolute atomic E-state index is 0.160. The highest BCUT2D eigenvalue weighted by Crippen LogP contribution is 2.31. The summed E-state index contributed by atoms with van der Waals surface area (Å²) in [4.78, 5) is 12.3. The van der Waals surface area contributed by atoms with E-state index >= 15 is 0 Å². The Morgan fingerprint density at radius 2 is 1.80 bits per heavy atom. The summed E-state index contributed by atoms with van der Waals surface area (Å²) >= 11 is 0. The number of Topliss-reactive ketones (excluding diaryl/α,β-unsaturated/α-hetero) is 1. The van der Waals surface area contributed by atoms with Crippen molar-refractivity contribution in [3.63, 3.8) is 0 Å². The SMILES string of the molecule is CC1(C(=O)c2ccccc2)CCNCC1. The highest BCUT2D eigenvalue weighted by molar-refractivity contribution is 6.00. The molecule has 0 atom stereocenters. The monoisotopic (exact) mass is 203 g/mol. The molecule has 2 rings (SSSR count). The van der Waals surface area contributed by atoms with E-state index in [1.165, 1.54) is 0 Å². The first-order valence-electron chi connectivity index (χ1n) is 5.53. The van der Waals surface area contributed by atoms with Gasteiger partial charge in [-0.2, -0.15) is 0 Å². The molecule has 1 aliphatic heterocycles. The predicted octanol–water partition coefficient (Wildman–Crippen LogP) is 2.26. The minimum Gasteiger partial charge on any atom is -0.317 e. The van der Waals surface area contributed by atoms with Crippen molar-refractivity contribution in [2.45, 2.75) is 19.8 Å². The van der Waals surface area contributed by atoms with Crippen LogP contribution in [0.3, 0.4) is 0 Å². The van der Waals surface area contributed by atoms with Crippen LogP contribution in [0.15, 0.2) is 30.3 Å². The van der Waals surface area contributed by atoms with E-state index in [0.717, 1.165) is 31.5 Å². The number of nitrogens with one attached hydrogen (secondary N) is 1. The highest BCUT2D eigenvalue weighted by Gasteiger charge is 2.34. The lowest BCUT2D eigenvalue weighted by Crippen LogP contribution is -2.40. The molecular formula is C13H17NO. The van der Waals surface area contributed by atoms with Crippen LogP contribution >= 0.6 is 0 Å². The molecule has 0 aliphatic carbocycles. The van der Waals surface area contributed by atoms with Crippen molar-refractivity contribution in [3.05, 3.63) is 35.9 Å². The molecule has 0 amide bonds. The molecule has 1 fully saturated rings. The van der Waals surface area contributed by atoms with Crippen LogP contribution in [0.2, 0.25) is 0 Å².